The van der Waals surface area contributed by atoms with Gasteiger partial charge in [-0.2, -0.15) is 0 Å². The number of aromatic nitrogens is 1. The molecule has 9 nitrogen and oxygen atoms in total. The molecule has 1 unspecified atom stereocenters. The molecule has 0 aliphatic carbocycles. The molecule has 3 N–H and O–H groups in total. The van der Waals surface area contributed by atoms with Crippen LogP contribution in [0.2, 0.25) is 5.02 Å². The molecule has 1 aliphatic rings. The highest BCUT2D eigenvalue weighted by atomic mass is 35.5. The summed E-state index contributed by atoms with van der Waals surface area (Å²) in [6.07, 6.45) is 2.04. The number of para-hydroxylation sites is 1. The third-order valence-corrected chi connectivity index (χ3v) is 7.44. The second-order valence-electron chi connectivity index (χ2n) is 9.98. The van der Waals surface area contributed by atoms with Gasteiger partial charge in [0.05, 0.1) is 0 Å². The highest BCUT2D eigenvalue weighted by Gasteiger charge is 2.32. The number of piperazine rings is 1. The lowest BCUT2D eigenvalue weighted by Gasteiger charge is -2.33. The van der Waals surface area contributed by atoms with Crippen molar-refractivity contribution in [3.63, 3.8) is 0 Å². The van der Waals surface area contributed by atoms with E-state index < -0.39 is 17.9 Å². The lowest BCUT2D eigenvalue weighted by Crippen LogP contribution is -2.57. The summed E-state index contributed by atoms with van der Waals surface area (Å²) < 4.78 is 0. The maximum Gasteiger partial charge on any atom is 0.243 e. The van der Waals surface area contributed by atoms with Crippen molar-refractivity contribution in [3.05, 3.63) is 107 Å². The number of nitrogens with one attached hydrogen (secondary N) is 3. The number of hydrogen-bond acceptors (Lipinski definition) is 4. The van der Waals surface area contributed by atoms with E-state index in [1.54, 1.807) is 12.1 Å². The largest absolute Gasteiger partial charge is 0.361 e. The lowest BCUT2D eigenvalue weighted by atomic mass is 10.0. The molecule has 1 aliphatic heterocycles. The van der Waals surface area contributed by atoms with Crippen LogP contribution < -0.4 is 10.6 Å². The van der Waals surface area contributed by atoms with Gasteiger partial charge in [-0.3, -0.25) is 19.2 Å². The Morgan fingerprint density at radius 2 is 1.54 bits per heavy atom. The standard InChI is InChI=1S/C31H30ClN5O4/c32-25-12-6-4-10-22(25)15-34-31(41)27(14-23-16-33-26-13-7-5-11-24(23)26)35-28(38)18-37-20-29(39)36(19-30(37)40)17-21-8-2-1-3-9-21/h1-13,16,27,33H,14-15,17-20H2,(H,34,41)(H,35,38). The number of hydrogen-bond donors (Lipinski definition) is 3. The van der Waals surface area contributed by atoms with Crippen molar-refractivity contribution < 1.29 is 19.2 Å². The van der Waals surface area contributed by atoms with Crippen molar-refractivity contribution in [2.24, 2.45) is 0 Å². The van der Waals surface area contributed by atoms with Gasteiger partial charge < -0.3 is 25.4 Å². The lowest BCUT2D eigenvalue weighted by molar-refractivity contribution is -0.152. The van der Waals surface area contributed by atoms with Gasteiger partial charge in [-0.15, -0.1) is 0 Å². The van der Waals surface area contributed by atoms with E-state index in [4.69, 9.17) is 11.6 Å². The smallest absolute Gasteiger partial charge is 0.243 e. The fourth-order valence-corrected chi connectivity index (χ4v) is 5.09. The number of halogens is 1. The summed E-state index contributed by atoms with van der Waals surface area (Å²) in [6, 6.07) is 23.4. The molecule has 41 heavy (non-hydrogen) atoms. The van der Waals surface area contributed by atoms with E-state index in [0.29, 0.717) is 11.6 Å². The number of H-pyrrole nitrogens is 1. The SMILES string of the molecule is O=C(CN1CC(=O)N(Cc2ccccc2)CC1=O)NC(Cc1c[nH]c2ccccc12)C(=O)NCc1ccccc1Cl. The van der Waals surface area contributed by atoms with E-state index in [0.717, 1.165) is 27.6 Å². The van der Waals surface area contributed by atoms with Crippen molar-refractivity contribution in [3.8, 4) is 0 Å². The Kier molecular flexibility index (Phi) is 8.64. The Balaban J connectivity index is 1.25. The molecule has 0 radical (unpaired) electrons. The molecule has 10 heteroatoms. The van der Waals surface area contributed by atoms with Gasteiger partial charge in [0.25, 0.3) is 0 Å². The van der Waals surface area contributed by atoms with Crippen molar-refractivity contribution in [2.75, 3.05) is 19.6 Å². The Morgan fingerprint density at radius 1 is 0.854 bits per heavy atom. The number of nitrogens with zero attached hydrogens (tertiary/aromatic N) is 2. The highest BCUT2D eigenvalue weighted by Crippen LogP contribution is 2.20. The van der Waals surface area contributed by atoms with Gasteiger partial charge in [0.15, 0.2) is 0 Å². The predicted octanol–water partition coefficient (Wildman–Crippen LogP) is 3.04. The Morgan fingerprint density at radius 3 is 2.34 bits per heavy atom. The molecule has 1 saturated heterocycles. The van der Waals surface area contributed by atoms with Crippen molar-refractivity contribution >= 4 is 46.1 Å². The van der Waals surface area contributed by atoms with Crippen LogP contribution in [0.4, 0.5) is 0 Å². The summed E-state index contributed by atoms with van der Waals surface area (Å²) in [4.78, 5) is 58.0. The van der Waals surface area contributed by atoms with Crippen LogP contribution in [0.15, 0.2) is 85.1 Å². The average molecular weight is 572 g/mol. The quantitative estimate of drug-likeness (QED) is 0.271. The molecule has 2 heterocycles. The van der Waals surface area contributed by atoms with Crippen LogP contribution in [0.5, 0.6) is 0 Å². The normalized spacial score (nSPS) is 14.3. The molecule has 1 atom stereocenters. The molecule has 1 aromatic heterocycles. The number of rotatable bonds is 10. The second kappa shape index (κ2) is 12.7. The third kappa shape index (κ3) is 6.93. The van der Waals surface area contributed by atoms with Crippen LogP contribution in [0, 0.1) is 0 Å². The Hall–Kier alpha value is -4.63. The van der Waals surface area contributed by atoms with Crippen LogP contribution in [-0.2, 0) is 38.7 Å². The highest BCUT2D eigenvalue weighted by molar-refractivity contribution is 6.31. The Bertz CT molecular complexity index is 1570. The summed E-state index contributed by atoms with van der Waals surface area (Å²) in [5.41, 5.74) is 3.45. The molecule has 0 spiro atoms. The van der Waals surface area contributed by atoms with Gasteiger partial charge in [0, 0.05) is 41.6 Å². The summed E-state index contributed by atoms with van der Waals surface area (Å²) >= 11 is 6.25. The van der Waals surface area contributed by atoms with Crippen molar-refractivity contribution in [1.29, 1.82) is 0 Å². The minimum Gasteiger partial charge on any atom is -0.361 e. The zero-order valence-electron chi connectivity index (χ0n) is 22.3. The van der Waals surface area contributed by atoms with Gasteiger partial charge in [0.1, 0.15) is 25.7 Å². The topological polar surface area (TPSA) is 115 Å². The molecule has 0 saturated carbocycles. The maximum absolute atomic E-state index is 13.3. The first-order chi connectivity index (χ1) is 19.9. The average Bonchev–Trinajstić information content (AvgIpc) is 3.38. The van der Waals surface area contributed by atoms with E-state index in [1.165, 1.54) is 9.80 Å². The fourth-order valence-electron chi connectivity index (χ4n) is 4.89. The minimum atomic E-state index is -0.922. The summed E-state index contributed by atoms with van der Waals surface area (Å²) in [5, 5.41) is 7.13. The van der Waals surface area contributed by atoms with Crippen molar-refractivity contribution in [2.45, 2.75) is 25.6 Å². The first-order valence-electron chi connectivity index (χ1n) is 13.3. The monoisotopic (exact) mass is 571 g/mol. The summed E-state index contributed by atoms with van der Waals surface area (Å²) in [5.74, 6) is -1.49. The van der Waals surface area contributed by atoms with Crippen LogP contribution >= 0.6 is 11.6 Å². The van der Waals surface area contributed by atoms with Gasteiger partial charge in [0.2, 0.25) is 23.6 Å². The fraction of sp³-hybridized carbons (Fsp3) is 0.226. The number of aromatic amines is 1. The molecule has 3 aromatic carbocycles. The zero-order valence-corrected chi connectivity index (χ0v) is 23.1. The second-order valence-corrected chi connectivity index (χ2v) is 10.4. The molecular formula is C31H30ClN5O4. The Labute approximate surface area is 242 Å². The molecule has 4 amide bonds. The number of carbonyl (C=O) groups excluding carboxylic acids is 4. The third-order valence-electron chi connectivity index (χ3n) is 7.07. The molecular weight excluding hydrogens is 542 g/mol. The molecule has 4 aromatic rings. The van der Waals surface area contributed by atoms with E-state index in [2.05, 4.69) is 15.6 Å². The molecule has 0 bridgehead atoms. The van der Waals surface area contributed by atoms with Crippen LogP contribution in [0.25, 0.3) is 10.9 Å². The van der Waals surface area contributed by atoms with E-state index in [1.807, 2.05) is 72.9 Å². The number of fused-ring (bicyclic) bond motifs is 1. The van der Waals surface area contributed by atoms with Crippen LogP contribution in [-0.4, -0.2) is 64.1 Å². The number of amides is 4. The van der Waals surface area contributed by atoms with E-state index in [9.17, 15) is 19.2 Å². The van der Waals surface area contributed by atoms with Gasteiger partial charge in [-0.25, -0.2) is 0 Å². The van der Waals surface area contributed by atoms with Gasteiger partial charge >= 0.3 is 0 Å². The zero-order chi connectivity index (χ0) is 28.8. The first-order valence-corrected chi connectivity index (χ1v) is 13.7. The van der Waals surface area contributed by atoms with Gasteiger partial charge in [-0.05, 0) is 28.8 Å². The molecule has 210 valence electrons. The van der Waals surface area contributed by atoms with Gasteiger partial charge in [-0.1, -0.05) is 78.3 Å². The summed E-state index contributed by atoms with van der Waals surface area (Å²) in [6.45, 7) is -0.131. The van der Waals surface area contributed by atoms with E-state index in [-0.39, 0.29) is 44.4 Å². The predicted molar refractivity (Wildman–Crippen MR) is 156 cm³/mol. The minimum absolute atomic E-state index is 0.113. The van der Waals surface area contributed by atoms with Crippen LogP contribution in [0.3, 0.4) is 0 Å². The first kappa shape index (κ1) is 27.9. The number of carbonyl (C=O) groups is 4. The van der Waals surface area contributed by atoms with E-state index >= 15 is 0 Å². The maximum atomic E-state index is 13.3. The molecule has 5 rings (SSSR count). The van der Waals surface area contributed by atoms with Crippen LogP contribution in [0.1, 0.15) is 16.7 Å². The summed E-state index contributed by atoms with van der Waals surface area (Å²) in [7, 11) is 0. The molecule has 1 fully saturated rings. The van der Waals surface area contributed by atoms with Crippen molar-refractivity contribution in [1.82, 2.24) is 25.4 Å². The number of benzene rings is 3.